The number of carbonyl (C=O) groups is 1. The molecular weight excluding hydrogens is 254 g/mol. The molecule has 0 bridgehead atoms. The number of ether oxygens (including phenoxy) is 1. The number of hydrogen-bond donors (Lipinski definition) is 1. The standard InChI is InChI=1S/C15H23N3O2/c1-17(13-3-5-14(20-2)6-4-13)10-7-15(19)18-11-8-16-9-12-18/h3-6,16H,7-12H2,1-2H3. The molecule has 1 amide bonds. The smallest absolute Gasteiger partial charge is 0.224 e. The molecule has 0 saturated carbocycles. The molecule has 0 aliphatic carbocycles. The normalized spacial score (nSPS) is 15.0. The summed E-state index contributed by atoms with van der Waals surface area (Å²) in [7, 11) is 3.66. The van der Waals surface area contributed by atoms with Gasteiger partial charge in [0.05, 0.1) is 7.11 Å². The lowest BCUT2D eigenvalue weighted by molar-refractivity contribution is -0.131. The molecule has 1 aliphatic rings. The van der Waals surface area contributed by atoms with E-state index in [2.05, 4.69) is 10.2 Å². The fraction of sp³-hybridized carbons (Fsp3) is 0.533. The number of carbonyl (C=O) groups excluding carboxylic acids is 1. The third-order valence-electron chi connectivity index (χ3n) is 3.64. The van der Waals surface area contributed by atoms with E-state index in [1.165, 1.54) is 0 Å². The van der Waals surface area contributed by atoms with Gasteiger partial charge in [-0.15, -0.1) is 0 Å². The number of methoxy groups -OCH3 is 1. The molecule has 5 nitrogen and oxygen atoms in total. The van der Waals surface area contributed by atoms with E-state index in [1.54, 1.807) is 7.11 Å². The average Bonchev–Trinajstić information content (AvgIpc) is 2.53. The summed E-state index contributed by atoms with van der Waals surface area (Å²) in [6.07, 6.45) is 0.558. The van der Waals surface area contributed by atoms with Gasteiger partial charge in [-0.3, -0.25) is 4.79 Å². The molecular formula is C15H23N3O2. The van der Waals surface area contributed by atoms with Gasteiger partial charge in [0.15, 0.2) is 0 Å². The maximum Gasteiger partial charge on any atom is 0.224 e. The van der Waals surface area contributed by atoms with Crippen molar-refractivity contribution in [2.45, 2.75) is 6.42 Å². The fourth-order valence-corrected chi connectivity index (χ4v) is 2.30. The van der Waals surface area contributed by atoms with Gasteiger partial charge in [0, 0.05) is 51.9 Å². The minimum Gasteiger partial charge on any atom is -0.497 e. The van der Waals surface area contributed by atoms with E-state index in [1.807, 2.05) is 36.2 Å². The molecule has 1 aromatic rings. The van der Waals surface area contributed by atoms with Crippen molar-refractivity contribution in [2.24, 2.45) is 0 Å². The van der Waals surface area contributed by atoms with Crippen molar-refractivity contribution >= 4 is 11.6 Å². The minimum atomic E-state index is 0.242. The number of nitrogens with zero attached hydrogens (tertiary/aromatic N) is 2. The van der Waals surface area contributed by atoms with Crippen molar-refractivity contribution in [2.75, 3.05) is 51.8 Å². The molecule has 1 heterocycles. The second kappa shape index (κ2) is 7.14. The Balaban J connectivity index is 1.81. The van der Waals surface area contributed by atoms with Crippen LogP contribution < -0.4 is 15.0 Å². The monoisotopic (exact) mass is 277 g/mol. The Labute approximate surface area is 120 Å². The molecule has 5 heteroatoms. The summed E-state index contributed by atoms with van der Waals surface area (Å²) >= 11 is 0. The molecule has 1 aromatic carbocycles. The van der Waals surface area contributed by atoms with Crippen LogP contribution in [-0.4, -0.2) is 57.7 Å². The Hall–Kier alpha value is -1.75. The molecule has 1 fully saturated rings. The lowest BCUT2D eigenvalue weighted by Gasteiger charge is -2.28. The SMILES string of the molecule is COc1ccc(N(C)CCC(=O)N2CCNCC2)cc1. The molecule has 20 heavy (non-hydrogen) atoms. The third-order valence-corrected chi connectivity index (χ3v) is 3.64. The van der Waals surface area contributed by atoms with Crippen molar-refractivity contribution in [3.05, 3.63) is 24.3 Å². The molecule has 0 atom stereocenters. The Morgan fingerprint density at radius 2 is 1.95 bits per heavy atom. The van der Waals surface area contributed by atoms with E-state index in [9.17, 15) is 4.79 Å². The zero-order chi connectivity index (χ0) is 14.4. The number of amides is 1. The van der Waals surface area contributed by atoms with Crippen LogP contribution in [0.4, 0.5) is 5.69 Å². The van der Waals surface area contributed by atoms with Gasteiger partial charge in [0.1, 0.15) is 5.75 Å². The van der Waals surface area contributed by atoms with Gasteiger partial charge in [-0.1, -0.05) is 0 Å². The summed E-state index contributed by atoms with van der Waals surface area (Å²) in [5.74, 6) is 1.09. The van der Waals surface area contributed by atoms with Crippen LogP contribution in [0.15, 0.2) is 24.3 Å². The number of nitrogens with one attached hydrogen (secondary N) is 1. The molecule has 0 aromatic heterocycles. The van der Waals surface area contributed by atoms with Crippen LogP contribution in [-0.2, 0) is 4.79 Å². The van der Waals surface area contributed by atoms with Crippen molar-refractivity contribution in [1.29, 1.82) is 0 Å². The van der Waals surface area contributed by atoms with Gasteiger partial charge in [-0.25, -0.2) is 0 Å². The van der Waals surface area contributed by atoms with E-state index in [4.69, 9.17) is 4.74 Å². The van der Waals surface area contributed by atoms with E-state index < -0.39 is 0 Å². The molecule has 0 unspecified atom stereocenters. The number of rotatable bonds is 5. The van der Waals surface area contributed by atoms with Gasteiger partial charge in [0.2, 0.25) is 5.91 Å². The van der Waals surface area contributed by atoms with Crippen molar-refractivity contribution in [3.63, 3.8) is 0 Å². The van der Waals surface area contributed by atoms with Gasteiger partial charge >= 0.3 is 0 Å². The first-order valence-corrected chi connectivity index (χ1v) is 7.04. The van der Waals surface area contributed by atoms with E-state index >= 15 is 0 Å². The van der Waals surface area contributed by atoms with Gasteiger partial charge in [-0.2, -0.15) is 0 Å². The van der Waals surface area contributed by atoms with Crippen LogP contribution in [0.1, 0.15) is 6.42 Å². The van der Waals surface area contributed by atoms with E-state index in [0.29, 0.717) is 6.42 Å². The summed E-state index contributed by atoms with van der Waals surface area (Å²) in [5.41, 5.74) is 1.10. The maximum atomic E-state index is 12.1. The van der Waals surface area contributed by atoms with E-state index in [-0.39, 0.29) is 5.91 Å². The second-order valence-corrected chi connectivity index (χ2v) is 5.00. The molecule has 1 N–H and O–H groups in total. The van der Waals surface area contributed by atoms with Crippen molar-refractivity contribution < 1.29 is 9.53 Å². The molecule has 0 radical (unpaired) electrons. The largest absolute Gasteiger partial charge is 0.497 e. The highest BCUT2D eigenvalue weighted by Gasteiger charge is 2.16. The van der Waals surface area contributed by atoms with Crippen molar-refractivity contribution in [3.8, 4) is 5.75 Å². The summed E-state index contributed by atoms with van der Waals surface area (Å²) < 4.78 is 5.14. The lowest BCUT2D eigenvalue weighted by atomic mass is 10.2. The summed E-state index contributed by atoms with van der Waals surface area (Å²) in [5, 5.41) is 3.25. The number of anilines is 1. The van der Waals surface area contributed by atoms with Gasteiger partial charge in [0.25, 0.3) is 0 Å². The molecule has 1 aliphatic heterocycles. The number of piperazine rings is 1. The third kappa shape index (κ3) is 3.87. The van der Waals surface area contributed by atoms with Gasteiger partial charge < -0.3 is 19.9 Å². The lowest BCUT2D eigenvalue weighted by Crippen LogP contribution is -2.47. The Morgan fingerprint density at radius 3 is 2.55 bits per heavy atom. The quantitative estimate of drug-likeness (QED) is 0.870. The maximum absolute atomic E-state index is 12.1. The topological polar surface area (TPSA) is 44.8 Å². The van der Waals surface area contributed by atoms with Crippen LogP contribution in [0.2, 0.25) is 0 Å². The highest BCUT2D eigenvalue weighted by Crippen LogP contribution is 2.18. The highest BCUT2D eigenvalue weighted by molar-refractivity contribution is 5.77. The van der Waals surface area contributed by atoms with Crippen LogP contribution in [0, 0.1) is 0 Å². The Morgan fingerprint density at radius 1 is 1.30 bits per heavy atom. The second-order valence-electron chi connectivity index (χ2n) is 5.00. The van der Waals surface area contributed by atoms with Crippen LogP contribution in [0.5, 0.6) is 5.75 Å². The zero-order valence-corrected chi connectivity index (χ0v) is 12.3. The molecule has 2 rings (SSSR count). The Kier molecular flexibility index (Phi) is 5.24. The highest BCUT2D eigenvalue weighted by atomic mass is 16.5. The van der Waals surface area contributed by atoms with Crippen LogP contribution >= 0.6 is 0 Å². The first-order chi connectivity index (χ1) is 9.70. The van der Waals surface area contributed by atoms with Gasteiger partial charge in [-0.05, 0) is 24.3 Å². The average molecular weight is 277 g/mol. The molecule has 110 valence electrons. The number of benzene rings is 1. The molecule has 1 saturated heterocycles. The predicted octanol–water partition coefficient (Wildman–Crippen LogP) is 0.953. The van der Waals surface area contributed by atoms with Crippen LogP contribution in [0.25, 0.3) is 0 Å². The van der Waals surface area contributed by atoms with E-state index in [0.717, 1.165) is 44.2 Å². The fourth-order valence-electron chi connectivity index (χ4n) is 2.30. The Bertz CT molecular complexity index is 427. The van der Waals surface area contributed by atoms with Crippen LogP contribution in [0.3, 0.4) is 0 Å². The summed E-state index contributed by atoms with van der Waals surface area (Å²) in [4.78, 5) is 16.1. The molecule has 0 spiro atoms. The first-order valence-electron chi connectivity index (χ1n) is 7.04. The van der Waals surface area contributed by atoms with Crippen molar-refractivity contribution in [1.82, 2.24) is 10.2 Å². The minimum absolute atomic E-state index is 0.242. The summed E-state index contributed by atoms with van der Waals surface area (Å²) in [6, 6.07) is 7.89. The zero-order valence-electron chi connectivity index (χ0n) is 12.3. The first kappa shape index (κ1) is 14.7. The number of hydrogen-bond acceptors (Lipinski definition) is 4. The predicted molar refractivity (Wildman–Crippen MR) is 80.3 cm³/mol. The summed E-state index contributed by atoms with van der Waals surface area (Å²) in [6.45, 7) is 4.19.